The molecule has 0 aliphatic heterocycles. The van der Waals surface area contributed by atoms with Gasteiger partial charge in [-0.05, 0) is 34.9 Å². The van der Waals surface area contributed by atoms with Crippen LogP contribution in [0.3, 0.4) is 0 Å². The lowest BCUT2D eigenvalue weighted by atomic mass is 10.0. The number of benzene rings is 3. The SMILES string of the molecule is COc1cc(C=CC(=O)OCC(=O)c2ccc(-c3ccccc3)cc2)ccc1O. The zero-order valence-corrected chi connectivity index (χ0v) is 15.9. The van der Waals surface area contributed by atoms with Crippen molar-refractivity contribution in [1.82, 2.24) is 0 Å². The Morgan fingerprint density at radius 2 is 1.62 bits per heavy atom. The fourth-order valence-electron chi connectivity index (χ4n) is 2.71. The van der Waals surface area contributed by atoms with Gasteiger partial charge in [0.15, 0.2) is 23.9 Å². The molecule has 29 heavy (non-hydrogen) atoms. The molecule has 0 spiro atoms. The fraction of sp³-hybridized carbons (Fsp3) is 0.0833. The van der Waals surface area contributed by atoms with Gasteiger partial charge in [-0.2, -0.15) is 0 Å². The normalized spacial score (nSPS) is 10.7. The minimum Gasteiger partial charge on any atom is -0.504 e. The number of rotatable bonds is 7. The van der Waals surface area contributed by atoms with Crippen molar-refractivity contribution >= 4 is 17.8 Å². The Morgan fingerprint density at radius 3 is 2.31 bits per heavy atom. The number of methoxy groups -OCH3 is 1. The molecule has 0 saturated carbocycles. The minimum absolute atomic E-state index is 0.0103. The summed E-state index contributed by atoms with van der Waals surface area (Å²) in [5, 5.41) is 9.57. The molecule has 3 aromatic carbocycles. The monoisotopic (exact) mass is 388 g/mol. The Bertz CT molecular complexity index is 1020. The Balaban J connectivity index is 1.55. The van der Waals surface area contributed by atoms with E-state index in [2.05, 4.69) is 0 Å². The number of esters is 1. The molecular weight excluding hydrogens is 368 g/mol. The quantitative estimate of drug-likeness (QED) is 0.366. The number of hydrogen-bond donors (Lipinski definition) is 1. The number of Topliss-reactive ketones (excluding diaryl/α,β-unsaturated/α-hetero) is 1. The molecule has 0 bridgehead atoms. The van der Waals surface area contributed by atoms with E-state index in [0.717, 1.165) is 11.1 Å². The molecule has 0 radical (unpaired) electrons. The van der Waals surface area contributed by atoms with Gasteiger partial charge >= 0.3 is 5.97 Å². The number of carbonyl (C=O) groups is 2. The maximum Gasteiger partial charge on any atom is 0.331 e. The summed E-state index contributed by atoms with van der Waals surface area (Å²) in [7, 11) is 1.44. The number of aromatic hydroxyl groups is 1. The van der Waals surface area contributed by atoms with Crippen LogP contribution < -0.4 is 4.74 Å². The zero-order valence-electron chi connectivity index (χ0n) is 15.9. The lowest BCUT2D eigenvalue weighted by Gasteiger charge is -2.05. The third-order valence-corrected chi connectivity index (χ3v) is 4.28. The van der Waals surface area contributed by atoms with Crippen LogP contribution in [0.4, 0.5) is 0 Å². The van der Waals surface area contributed by atoms with Gasteiger partial charge < -0.3 is 14.6 Å². The minimum atomic E-state index is -0.633. The molecule has 3 rings (SSSR count). The van der Waals surface area contributed by atoms with Gasteiger partial charge in [0, 0.05) is 11.6 Å². The maximum atomic E-state index is 12.2. The number of phenols is 1. The van der Waals surface area contributed by atoms with Crippen molar-refractivity contribution in [2.45, 2.75) is 0 Å². The molecule has 0 heterocycles. The second-order valence-corrected chi connectivity index (χ2v) is 6.24. The predicted molar refractivity (Wildman–Crippen MR) is 111 cm³/mol. The molecular formula is C24H20O5. The number of ketones is 1. The highest BCUT2D eigenvalue weighted by molar-refractivity contribution is 5.99. The van der Waals surface area contributed by atoms with Crippen LogP contribution in [-0.4, -0.2) is 30.6 Å². The van der Waals surface area contributed by atoms with Gasteiger partial charge in [0.1, 0.15) is 0 Å². The van der Waals surface area contributed by atoms with Gasteiger partial charge in [-0.25, -0.2) is 4.79 Å². The molecule has 0 unspecified atom stereocenters. The summed E-state index contributed by atoms with van der Waals surface area (Å²) in [6, 6.07) is 21.7. The first-order chi connectivity index (χ1) is 14.1. The molecule has 146 valence electrons. The molecule has 0 aliphatic rings. The van der Waals surface area contributed by atoms with Crippen molar-refractivity contribution in [3.05, 3.63) is 90.0 Å². The summed E-state index contributed by atoms with van der Waals surface area (Å²) < 4.78 is 10.0. The summed E-state index contributed by atoms with van der Waals surface area (Å²) in [6.07, 6.45) is 2.74. The van der Waals surface area contributed by atoms with Crippen molar-refractivity contribution in [2.75, 3.05) is 13.7 Å². The summed E-state index contributed by atoms with van der Waals surface area (Å²) in [6.45, 7) is -0.341. The van der Waals surface area contributed by atoms with E-state index >= 15 is 0 Å². The average molecular weight is 388 g/mol. The van der Waals surface area contributed by atoms with Crippen molar-refractivity contribution in [3.63, 3.8) is 0 Å². The second-order valence-electron chi connectivity index (χ2n) is 6.24. The van der Waals surface area contributed by atoms with Crippen LogP contribution in [0, 0.1) is 0 Å². The van der Waals surface area contributed by atoms with E-state index in [9.17, 15) is 14.7 Å². The van der Waals surface area contributed by atoms with Gasteiger partial charge in [0.05, 0.1) is 7.11 Å². The Hall–Kier alpha value is -3.86. The molecule has 0 aromatic heterocycles. The fourth-order valence-corrected chi connectivity index (χ4v) is 2.71. The molecule has 5 heteroatoms. The summed E-state index contributed by atoms with van der Waals surface area (Å²) in [5.41, 5.74) is 3.20. The van der Waals surface area contributed by atoms with E-state index in [1.807, 2.05) is 42.5 Å². The molecule has 0 saturated heterocycles. The van der Waals surface area contributed by atoms with Crippen LogP contribution in [0.25, 0.3) is 17.2 Å². The van der Waals surface area contributed by atoms with Gasteiger partial charge in [-0.15, -0.1) is 0 Å². The Kier molecular flexibility index (Phi) is 6.43. The predicted octanol–water partition coefficient (Wildman–Crippen LogP) is 4.51. The van der Waals surface area contributed by atoms with Gasteiger partial charge in [-0.1, -0.05) is 60.7 Å². The van der Waals surface area contributed by atoms with E-state index in [1.165, 1.54) is 25.3 Å². The van der Waals surface area contributed by atoms with Gasteiger partial charge in [0.25, 0.3) is 0 Å². The van der Waals surface area contributed by atoms with Crippen LogP contribution in [0.2, 0.25) is 0 Å². The van der Waals surface area contributed by atoms with Crippen LogP contribution in [0.1, 0.15) is 15.9 Å². The largest absolute Gasteiger partial charge is 0.504 e. The van der Waals surface area contributed by atoms with E-state index in [1.54, 1.807) is 24.3 Å². The average Bonchev–Trinajstić information content (AvgIpc) is 2.77. The first kappa shape index (κ1) is 19.9. The molecule has 0 amide bonds. The number of ether oxygens (including phenoxy) is 2. The smallest absolute Gasteiger partial charge is 0.331 e. The van der Waals surface area contributed by atoms with Crippen LogP contribution in [0.15, 0.2) is 78.9 Å². The van der Waals surface area contributed by atoms with Gasteiger partial charge in [0.2, 0.25) is 0 Å². The van der Waals surface area contributed by atoms with Crippen LogP contribution >= 0.6 is 0 Å². The molecule has 0 fully saturated rings. The highest BCUT2D eigenvalue weighted by Gasteiger charge is 2.09. The molecule has 0 aliphatic carbocycles. The van der Waals surface area contributed by atoms with E-state index in [4.69, 9.17) is 9.47 Å². The lowest BCUT2D eigenvalue weighted by molar-refractivity contribution is -0.136. The van der Waals surface area contributed by atoms with Crippen LogP contribution in [-0.2, 0) is 9.53 Å². The maximum absolute atomic E-state index is 12.2. The summed E-state index contributed by atoms with van der Waals surface area (Å²) in [4.78, 5) is 24.1. The first-order valence-corrected chi connectivity index (χ1v) is 8.97. The van der Waals surface area contributed by atoms with E-state index < -0.39 is 5.97 Å². The number of phenolic OH excluding ortho intramolecular Hbond substituents is 1. The van der Waals surface area contributed by atoms with Crippen molar-refractivity contribution in [1.29, 1.82) is 0 Å². The lowest BCUT2D eigenvalue weighted by Crippen LogP contribution is -2.12. The zero-order chi connectivity index (χ0) is 20.6. The van der Waals surface area contributed by atoms with Gasteiger partial charge in [-0.3, -0.25) is 4.79 Å². The van der Waals surface area contributed by atoms with E-state index in [0.29, 0.717) is 16.9 Å². The Morgan fingerprint density at radius 1 is 0.931 bits per heavy atom. The van der Waals surface area contributed by atoms with Crippen LogP contribution in [0.5, 0.6) is 11.5 Å². The standard InChI is InChI=1S/C24H20O5/c1-28-23-15-17(7-13-21(23)25)8-14-24(27)29-16-22(26)20-11-9-19(10-12-20)18-5-3-2-4-6-18/h2-15,25H,16H2,1H3. The highest BCUT2D eigenvalue weighted by Crippen LogP contribution is 2.26. The number of hydrogen-bond acceptors (Lipinski definition) is 5. The second kappa shape index (κ2) is 9.37. The van der Waals surface area contributed by atoms with Crippen molar-refractivity contribution in [3.8, 4) is 22.6 Å². The highest BCUT2D eigenvalue weighted by atomic mass is 16.5. The molecule has 5 nitrogen and oxygen atoms in total. The molecule has 1 N–H and O–H groups in total. The number of carbonyl (C=O) groups excluding carboxylic acids is 2. The molecule has 3 aromatic rings. The van der Waals surface area contributed by atoms with E-state index in [-0.39, 0.29) is 18.1 Å². The first-order valence-electron chi connectivity index (χ1n) is 8.97. The third-order valence-electron chi connectivity index (χ3n) is 4.28. The third kappa shape index (κ3) is 5.32. The Labute approximate surface area is 168 Å². The molecule has 0 atom stereocenters. The summed E-state index contributed by atoms with van der Waals surface area (Å²) >= 11 is 0. The topological polar surface area (TPSA) is 72.8 Å². The summed E-state index contributed by atoms with van der Waals surface area (Å²) in [5.74, 6) is -0.602. The van der Waals surface area contributed by atoms with Crippen molar-refractivity contribution < 1.29 is 24.2 Å². The van der Waals surface area contributed by atoms with Crippen molar-refractivity contribution in [2.24, 2.45) is 0 Å².